The predicted octanol–water partition coefficient (Wildman–Crippen LogP) is 1.05. The van der Waals surface area contributed by atoms with Crippen LogP contribution in [-0.4, -0.2) is 13.2 Å². The molecule has 1 atom stereocenters. The number of hydrogen-bond acceptors (Lipinski definition) is 1. The van der Waals surface area contributed by atoms with Crippen LogP contribution in [0, 0.1) is 18.3 Å². The monoisotopic (exact) mass is 110 g/mol. The molecule has 1 aliphatic heterocycles. The lowest BCUT2D eigenvalue weighted by molar-refractivity contribution is 0.0740. The molecule has 1 heterocycles. The van der Waals surface area contributed by atoms with Crippen LogP contribution in [0.5, 0.6) is 0 Å². The fourth-order valence-electron chi connectivity index (χ4n) is 0.872. The molecule has 0 bridgehead atoms. The van der Waals surface area contributed by atoms with Gasteiger partial charge in [-0.1, -0.05) is 0 Å². The first-order valence-electron chi connectivity index (χ1n) is 2.97. The standard InChI is InChI=1S/C7H10O/c1-2-7-4-3-5-8-6-7/h1,7H,3-6H2. The number of rotatable bonds is 0. The molecular weight excluding hydrogens is 100 g/mol. The predicted molar refractivity (Wildman–Crippen MR) is 32.4 cm³/mol. The maximum Gasteiger partial charge on any atom is 0.0603 e. The van der Waals surface area contributed by atoms with Crippen molar-refractivity contribution in [2.24, 2.45) is 5.92 Å². The van der Waals surface area contributed by atoms with Crippen molar-refractivity contribution in [1.29, 1.82) is 0 Å². The summed E-state index contributed by atoms with van der Waals surface area (Å²) < 4.78 is 5.13. The van der Waals surface area contributed by atoms with Crippen molar-refractivity contribution < 1.29 is 4.74 Å². The molecule has 0 aromatic rings. The molecule has 0 radical (unpaired) electrons. The van der Waals surface area contributed by atoms with E-state index in [4.69, 9.17) is 11.2 Å². The molecule has 0 aromatic carbocycles. The Morgan fingerprint density at radius 3 is 2.88 bits per heavy atom. The molecule has 1 saturated heterocycles. The van der Waals surface area contributed by atoms with E-state index in [0.29, 0.717) is 5.92 Å². The second-order valence-corrected chi connectivity index (χ2v) is 2.08. The Morgan fingerprint density at radius 1 is 1.62 bits per heavy atom. The van der Waals surface area contributed by atoms with Gasteiger partial charge in [0.25, 0.3) is 0 Å². The van der Waals surface area contributed by atoms with Crippen LogP contribution in [0.1, 0.15) is 12.8 Å². The van der Waals surface area contributed by atoms with Crippen LogP contribution in [0.15, 0.2) is 0 Å². The molecule has 1 rings (SSSR count). The van der Waals surface area contributed by atoms with Crippen LogP contribution in [0.4, 0.5) is 0 Å². The summed E-state index contributed by atoms with van der Waals surface area (Å²) in [7, 11) is 0. The van der Waals surface area contributed by atoms with E-state index in [9.17, 15) is 0 Å². The molecule has 0 spiro atoms. The first-order valence-corrected chi connectivity index (χ1v) is 2.97. The molecule has 1 nitrogen and oxygen atoms in total. The van der Waals surface area contributed by atoms with Crippen LogP contribution in [0.25, 0.3) is 0 Å². The summed E-state index contributed by atoms with van der Waals surface area (Å²) in [6, 6.07) is 0. The van der Waals surface area contributed by atoms with E-state index >= 15 is 0 Å². The van der Waals surface area contributed by atoms with Crippen molar-refractivity contribution >= 4 is 0 Å². The highest BCUT2D eigenvalue weighted by Gasteiger charge is 2.09. The zero-order valence-corrected chi connectivity index (χ0v) is 4.89. The molecule has 8 heavy (non-hydrogen) atoms. The SMILES string of the molecule is C#CC1CCCOC1. The van der Waals surface area contributed by atoms with Gasteiger partial charge < -0.3 is 4.74 Å². The van der Waals surface area contributed by atoms with E-state index in [-0.39, 0.29) is 0 Å². The second-order valence-electron chi connectivity index (χ2n) is 2.08. The minimum Gasteiger partial charge on any atom is -0.380 e. The Morgan fingerprint density at radius 2 is 2.50 bits per heavy atom. The lowest BCUT2D eigenvalue weighted by Gasteiger charge is -2.16. The normalized spacial score (nSPS) is 29.1. The summed E-state index contributed by atoms with van der Waals surface area (Å²) in [5.74, 6) is 3.07. The van der Waals surface area contributed by atoms with Crippen LogP contribution < -0.4 is 0 Å². The number of ether oxygens (including phenoxy) is 1. The number of hydrogen-bond donors (Lipinski definition) is 0. The topological polar surface area (TPSA) is 9.23 Å². The third-order valence-electron chi connectivity index (χ3n) is 1.40. The fourth-order valence-corrected chi connectivity index (χ4v) is 0.872. The third kappa shape index (κ3) is 1.24. The van der Waals surface area contributed by atoms with Crippen LogP contribution in [0.2, 0.25) is 0 Å². The quantitative estimate of drug-likeness (QED) is 0.423. The van der Waals surface area contributed by atoms with E-state index < -0.39 is 0 Å². The molecule has 0 N–H and O–H groups in total. The van der Waals surface area contributed by atoms with Gasteiger partial charge in [-0.25, -0.2) is 0 Å². The molecule has 1 fully saturated rings. The van der Waals surface area contributed by atoms with E-state index in [0.717, 1.165) is 26.1 Å². The summed E-state index contributed by atoms with van der Waals surface area (Å²) in [6.07, 6.45) is 7.46. The summed E-state index contributed by atoms with van der Waals surface area (Å²) in [5, 5.41) is 0. The van der Waals surface area contributed by atoms with Gasteiger partial charge in [0.2, 0.25) is 0 Å². The molecule has 1 unspecified atom stereocenters. The lowest BCUT2D eigenvalue weighted by Crippen LogP contribution is -2.14. The molecule has 0 amide bonds. The highest BCUT2D eigenvalue weighted by molar-refractivity contribution is 4.93. The van der Waals surface area contributed by atoms with Crippen molar-refractivity contribution in [2.75, 3.05) is 13.2 Å². The molecule has 1 heteroatoms. The van der Waals surface area contributed by atoms with Gasteiger partial charge in [0.1, 0.15) is 0 Å². The van der Waals surface area contributed by atoms with Crippen LogP contribution in [-0.2, 0) is 4.74 Å². The van der Waals surface area contributed by atoms with Gasteiger partial charge in [-0.2, -0.15) is 0 Å². The van der Waals surface area contributed by atoms with E-state index in [1.54, 1.807) is 0 Å². The Labute approximate surface area is 50.0 Å². The summed E-state index contributed by atoms with van der Waals surface area (Å²) in [6.45, 7) is 1.68. The molecule has 0 aliphatic carbocycles. The van der Waals surface area contributed by atoms with Gasteiger partial charge in [-0.05, 0) is 12.8 Å². The molecular formula is C7H10O. The van der Waals surface area contributed by atoms with Crippen molar-refractivity contribution in [3.8, 4) is 12.3 Å². The molecule has 0 saturated carbocycles. The van der Waals surface area contributed by atoms with Crippen molar-refractivity contribution in [3.05, 3.63) is 0 Å². The summed E-state index contributed by atoms with van der Waals surface area (Å²) >= 11 is 0. The minimum atomic E-state index is 0.392. The van der Waals surface area contributed by atoms with E-state index in [2.05, 4.69) is 5.92 Å². The van der Waals surface area contributed by atoms with E-state index in [1.165, 1.54) is 0 Å². The minimum absolute atomic E-state index is 0.392. The Bertz CT molecular complexity index is 95.4. The average molecular weight is 110 g/mol. The Kier molecular flexibility index (Phi) is 1.93. The zero-order valence-electron chi connectivity index (χ0n) is 4.89. The zero-order chi connectivity index (χ0) is 5.82. The van der Waals surface area contributed by atoms with E-state index in [1.807, 2.05) is 0 Å². The summed E-state index contributed by atoms with van der Waals surface area (Å²) in [4.78, 5) is 0. The van der Waals surface area contributed by atoms with Crippen molar-refractivity contribution in [2.45, 2.75) is 12.8 Å². The second kappa shape index (κ2) is 2.74. The first-order chi connectivity index (χ1) is 3.93. The third-order valence-corrected chi connectivity index (χ3v) is 1.40. The van der Waals surface area contributed by atoms with Crippen LogP contribution >= 0.6 is 0 Å². The highest BCUT2D eigenvalue weighted by atomic mass is 16.5. The summed E-state index contributed by atoms with van der Waals surface area (Å²) in [5.41, 5.74) is 0. The largest absolute Gasteiger partial charge is 0.380 e. The first kappa shape index (κ1) is 5.65. The van der Waals surface area contributed by atoms with Gasteiger partial charge in [-0.3, -0.25) is 0 Å². The van der Waals surface area contributed by atoms with Crippen molar-refractivity contribution in [1.82, 2.24) is 0 Å². The maximum atomic E-state index is 5.17. The Hall–Kier alpha value is -0.480. The number of terminal acetylenes is 1. The highest BCUT2D eigenvalue weighted by Crippen LogP contribution is 2.10. The average Bonchev–Trinajstić information content (AvgIpc) is 1.90. The van der Waals surface area contributed by atoms with Gasteiger partial charge in [0.15, 0.2) is 0 Å². The van der Waals surface area contributed by atoms with Gasteiger partial charge in [-0.15, -0.1) is 12.3 Å². The molecule has 1 aliphatic rings. The van der Waals surface area contributed by atoms with Crippen molar-refractivity contribution in [3.63, 3.8) is 0 Å². The Balaban J connectivity index is 2.25. The molecule has 44 valence electrons. The van der Waals surface area contributed by atoms with Gasteiger partial charge in [0.05, 0.1) is 6.61 Å². The van der Waals surface area contributed by atoms with Crippen LogP contribution in [0.3, 0.4) is 0 Å². The lowest BCUT2D eigenvalue weighted by atomic mass is 10.0. The molecule has 0 aromatic heterocycles. The smallest absolute Gasteiger partial charge is 0.0603 e. The van der Waals surface area contributed by atoms with Gasteiger partial charge in [0, 0.05) is 12.5 Å². The fraction of sp³-hybridized carbons (Fsp3) is 0.714. The van der Waals surface area contributed by atoms with Gasteiger partial charge >= 0.3 is 0 Å². The maximum absolute atomic E-state index is 5.17.